The average Bonchev–Trinajstić information content (AvgIpc) is 3.06. The minimum Gasteiger partial charge on any atom is -0.475 e. The van der Waals surface area contributed by atoms with Crippen molar-refractivity contribution < 1.29 is 55.6 Å². The Morgan fingerprint density at radius 1 is 1.16 bits per heavy atom. The maximum absolute atomic E-state index is 10.6. The first kappa shape index (κ1) is 27.6. The molecule has 32 heavy (non-hydrogen) atoms. The molecule has 3 rings (SSSR count). The van der Waals surface area contributed by atoms with Gasteiger partial charge in [0.1, 0.15) is 6.10 Å². The first-order valence-corrected chi connectivity index (χ1v) is 9.16. The van der Waals surface area contributed by atoms with Crippen LogP contribution in [0.1, 0.15) is 18.5 Å². The van der Waals surface area contributed by atoms with E-state index in [-0.39, 0.29) is 12.2 Å². The fourth-order valence-electron chi connectivity index (χ4n) is 3.09. The zero-order valence-corrected chi connectivity index (χ0v) is 16.8. The first-order valence-electron chi connectivity index (χ1n) is 9.16. The lowest BCUT2D eigenvalue weighted by atomic mass is 10.0. The summed E-state index contributed by atoms with van der Waals surface area (Å²) in [5, 5.41) is 14.2. The molecule has 0 radical (unpaired) electrons. The lowest BCUT2D eigenvalue weighted by Gasteiger charge is -2.31. The number of aliphatic carboxylic acids is 2. The molecule has 0 aliphatic carbocycles. The molecule has 2 fully saturated rings. The molecule has 2 aliphatic heterocycles. The predicted octanol–water partition coefficient (Wildman–Crippen LogP) is 2.73. The van der Waals surface area contributed by atoms with Gasteiger partial charge in [-0.2, -0.15) is 26.3 Å². The topological polar surface area (TPSA) is 109 Å². The molecule has 2 N–H and O–H groups in total. The molecule has 182 valence electrons. The fourth-order valence-corrected chi connectivity index (χ4v) is 3.09. The van der Waals surface area contributed by atoms with Crippen LogP contribution in [-0.2, 0) is 25.6 Å². The van der Waals surface area contributed by atoms with Crippen LogP contribution in [0.15, 0.2) is 24.4 Å². The van der Waals surface area contributed by atoms with Crippen LogP contribution in [0.25, 0.3) is 0 Å². The molecule has 2 saturated heterocycles. The monoisotopic (exact) mass is 476 g/mol. The quantitative estimate of drug-likeness (QED) is 0.642. The van der Waals surface area contributed by atoms with Gasteiger partial charge in [0.2, 0.25) is 0 Å². The largest absolute Gasteiger partial charge is 0.490 e. The molecule has 3 atom stereocenters. The van der Waals surface area contributed by atoms with Crippen LogP contribution in [0.2, 0.25) is 0 Å². The summed E-state index contributed by atoms with van der Waals surface area (Å²) in [4.78, 5) is 24.7. The Morgan fingerprint density at radius 2 is 1.72 bits per heavy atom. The minimum atomic E-state index is -5.08. The van der Waals surface area contributed by atoms with Gasteiger partial charge in [-0.1, -0.05) is 6.07 Å². The Hall–Kier alpha value is -2.45. The van der Waals surface area contributed by atoms with E-state index >= 15 is 0 Å². The number of halogens is 6. The van der Waals surface area contributed by atoms with Crippen molar-refractivity contribution in [3.63, 3.8) is 0 Å². The summed E-state index contributed by atoms with van der Waals surface area (Å²) in [5.41, 5.74) is 1.12. The van der Waals surface area contributed by atoms with E-state index in [4.69, 9.17) is 29.3 Å². The highest BCUT2D eigenvalue weighted by Gasteiger charge is 2.44. The van der Waals surface area contributed by atoms with Crippen molar-refractivity contribution in [3.8, 4) is 0 Å². The van der Waals surface area contributed by atoms with Crippen molar-refractivity contribution in [2.75, 3.05) is 20.3 Å². The number of hydrogen-bond donors (Lipinski definition) is 2. The van der Waals surface area contributed by atoms with Gasteiger partial charge in [0.05, 0.1) is 11.8 Å². The fraction of sp³-hybridized carbons (Fsp3) is 0.611. The number of nitrogens with zero attached hydrogens (tertiary/aromatic N) is 2. The van der Waals surface area contributed by atoms with E-state index in [0.29, 0.717) is 6.04 Å². The maximum atomic E-state index is 10.6. The normalized spacial score (nSPS) is 23.2. The molecule has 8 nitrogen and oxygen atoms in total. The van der Waals surface area contributed by atoms with E-state index in [2.05, 4.69) is 16.0 Å². The van der Waals surface area contributed by atoms with Crippen LogP contribution in [0, 0.1) is 0 Å². The number of rotatable bonds is 3. The highest BCUT2D eigenvalue weighted by atomic mass is 19.4. The molecule has 0 amide bonds. The lowest BCUT2D eigenvalue weighted by molar-refractivity contribution is -0.193. The van der Waals surface area contributed by atoms with E-state index in [1.54, 1.807) is 7.11 Å². The number of aromatic nitrogens is 1. The third-order valence-corrected chi connectivity index (χ3v) is 4.46. The van der Waals surface area contributed by atoms with Crippen molar-refractivity contribution in [3.05, 3.63) is 30.1 Å². The van der Waals surface area contributed by atoms with Crippen LogP contribution < -0.4 is 0 Å². The molecular formula is C18H22F6N2O6. The molecule has 0 spiro atoms. The van der Waals surface area contributed by atoms with Crippen molar-refractivity contribution >= 4 is 11.9 Å². The molecule has 1 aromatic heterocycles. The number of carboxylic acids is 2. The lowest BCUT2D eigenvalue weighted by Crippen LogP contribution is -2.41. The van der Waals surface area contributed by atoms with Gasteiger partial charge >= 0.3 is 24.3 Å². The second kappa shape index (κ2) is 12.0. The van der Waals surface area contributed by atoms with Gasteiger partial charge in [0.25, 0.3) is 0 Å². The second-order valence-corrected chi connectivity index (χ2v) is 6.68. The van der Waals surface area contributed by atoms with E-state index < -0.39 is 24.3 Å². The Kier molecular flexibility index (Phi) is 10.3. The summed E-state index contributed by atoms with van der Waals surface area (Å²) in [5.74, 6) is -5.51. The van der Waals surface area contributed by atoms with Crippen molar-refractivity contribution in [1.29, 1.82) is 0 Å². The Balaban J connectivity index is 0.000000305. The summed E-state index contributed by atoms with van der Waals surface area (Å²) < 4.78 is 74.9. The van der Waals surface area contributed by atoms with Gasteiger partial charge in [0.15, 0.2) is 0 Å². The van der Waals surface area contributed by atoms with Crippen LogP contribution in [0.5, 0.6) is 0 Å². The number of carboxylic acid groups (broad SMARTS) is 2. The van der Waals surface area contributed by atoms with E-state index in [1.807, 2.05) is 18.3 Å². The van der Waals surface area contributed by atoms with Crippen molar-refractivity contribution in [1.82, 2.24) is 9.88 Å². The number of methoxy groups -OCH3 is 1. The van der Waals surface area contributed by atoms with Crippen molar-refractivity contribution in [2.45, 2.75) is 50.0 Å². The Morgan fingerprint density at radius 3 is 2.16 bits per heavy atom. The standard InChI is InChI=1S/C14H20N2O2.2C2HF3O2/c1-17-13-10-16(9-11-5-2-3-7-15-11)12-6-4-8-18-14(12)13;2*3-2(4,5)1(6)7/h2-3,5,7,12-14H,4,6,8-10H2,1H3;2*(H,6,7)/t12-,13+,14+;;/m1../s1. The number of pyridine rings is 1. The number of ether oxygens (including phenoxy) is 2. The Labute approximate surface area is 178 Å². The average molecular weight is 476 g/mol. The smallest absolute Gasteiger partial charge is 0.475 e. The molecule has 2 aliphatic rings. The molecule has 3 heterocycles. The third-order valence-electron chi connectivity index (χ3n) is 4.46. The van der Waals surface area contributed by atoms with E-state index in [9.17, 15) is 26.3 Å². The van der Waals surface area contributed by atoms with Crippen LogP contribution in [0.3, 0.4) is 0 Å². The molecule has 0 unspecified atom stereocenters. The third kappa shape index (κ3) is 8.96. The number of alkyl halides is 6. The van der Waals surface area contributed by atoms with E-state index in [1.165, 1.54) is 6.42 Å². The van der Waals surface area contributed by atoms with Gasteiger partial charge < -0.3 is 19.7 Å². The Bertz CT molecular complexity index is 707. The zero-order valence-electron chi connectivity index (χ0n) is 16.8. The minimum absolute atomic E-state index is 0.207. The van der Waals surface area contributed by atoms with Crippen LogP contribution in [-0.4, -0.2) is 82.9 Å². The maximum Gasteiger partial charge on any atom is 0.490 e. The van der Waals surface area contributed by atoms with Crippen LogP contribution >= 0.6 is 0 Å². The number of carbonyl (C=O) groups is 2. The van der Waals surface area contributed by atoms with Gasteiger partial charge in [-0.25, -0.2) is 9.59 Å². The molecular weight excluding hydrogens is 454 g/mol. The first-order chi connectivity index (χ1) is 14.8. The van der Waals surface area contributed by atoms with E-state index in [0.717, 1.165) is 31.8 Å². The van der Waals surface area contributed by atoms with Gasteiger partial charge in [-0.3, -0.25) is 9.88 Å². The van der Waals surface area contributed by atoms with Crippen molar-refractivity contribution in [2.24, 2.45) is 0 Å². The highest BCUT2D eigenvalue weighted by molar-refractivity contribution is 5.73. The predicted molar refractivity (Wildman–Crippen MR) is 95.6 cm³/mol. The SMILES string of the molecule is CO[C@H]1CN(Cc2ccccn2)[C@@H]2CCCO[C@H]12.O=C(O)C(F)(F)F.O=C(O)C(F)(F)F. The zero-order chi connectivity index (χ0) is 24.5. The van der Waals surface area contributed by atoms with Crippen LogP contribution in [0.4, 0.5) is 26.3 Å². The summed E-state index contributed by atoms with van der Waals surface area (Å²) in [6.45, 7) is 2.71. The number of fused-ring (bicyclic) bond motifs is 1. The molecule has 0 bridgehead atoms. The summed E-state index contributed by atoms with van der Waals surface area (Å²) in [6, 6.07) is 6.57. The summed E-state index contributed by atoms with van der Waals surface area (Å²) in [6.07, 6.45) is -5.51. The summed E-state index contributed by atoms with van der Waals surface area (Å²) >= 11 is 0. The number of likely N-dealkylation sites (tertiary alicyclic amines) is 1. The van der Waals surface area contributed by atoms with Gasteiger partial charge in [-0.05, 0) is 25.0 Å². The number of hydrogen-bond acceptors (Lipinski definition) is 6. The second-order valence-electron chi connectivity index (χ2n) is 6.68. The molecule has 0 saturated carbocycles. The summed E-state index contributed by atoms with van der Waals surface area (Å²) in [7, 11) is 1.78. The van der Waals surface area contributed by atoms with Gasteiger partial charge in [-0.15, -0.1) is 0 Å². The molecule has 1 aromatic rings. The highest BCUT2D eigenvalue weighted by Crippen LogP contribution is 2.31. The molecule has 14 heteroatoms. The molecule has 0 aromatic carbocycles. The van der Waals surface area contributed by atoms with Gasteiger partial charge in [0, 0.05) is 39.0 Å².